The van der Waals surface area contributed by atoms with Crippen LogP contribution in [-0.2, 0) is 26.3 Å². The molecule has 2 aromatic rings. The van der Waals surface area contributed by atoms with Crippen molar-refractivity contribution in [2.24, 2.45) is 0 Å². The van der Waals surface area contributed by atoms with Crippen LogP contribution in [0, 0.1) is 0 Å². The third-order valence-corrected chi connectivity index (χ3v) is 7.87. The molecule has 1 aliphatic rings. The van der Waals surface area contributed by atoms with E-state index in [0.29, 0.717) is 6.42 Å². The summed E-state index contributed by atoms with van der Waals surface area (Å²) in [7, 11) is -6.82. The van der Waals surface area contributed by atoms with Crippen LogP contribution >= 0.6 is 0 Å². The molecule has 0 spiro atoms. The van der Waals surface area contributed by atoms with E-state index in [4.69, 9.17) is 0 Å². The van der Waals surface area contributed by atoms with Gasteiger partial charge in [0.15, 0.2) is 9.84 Å². The number of nitrogens with zero attached hydrogens (tertiary/aromatic N) is 2. The predicted octanol–water partition coefficient (Wildman–Crippen LogP) is 0.521. The molecule has 1 fully saturated rings. The lowest BCUT2D eigenvalue weighted by molar-refractivity contribution is 0.568. The minimum Gasteiger partial charge on any atom is -0.241 e. The Balaban J connectivity index is 1.56. The average Bonchev–Trinajstić information content (AvgIpc) is 3.15. The van der Waals surface area contributed by atoms with Gasteiger partial charge in [-0.1, -0.05) is 18.2 Å². The van der Waals surface area contributed by atoms with Crippen LogP contribution < -0.4 is 4.72 Å². The lowest BCUT2D eigenvalue weighted by atomic mass is 10.2. The van der Waals surface area contributed by atoms with Crippen molar-refractivity contribution in [1.29, 1.82) is 0 Å². The number of rotatable bonds is 6. The molecule has 3 rings (SSSR count). The van der Waals surface area contributed by atoms with Crippen molar-refractivity contribution in [3.05, 3.63) is 48.3 Å². The molecule has 0 bridgehead atoms. The van der Waals surface area contributed by atoms with E-state index < -0.39 is 25.1 Å². The second kappa shape index (κ2) is 6.66. The first-order valence-corrected chi connectivity index (χ1v) is 11.0. The molecule has 1 saturated heterocycles. The van der Waals surface area contributed by atoms with Crippen molar-refractivity contribution >= 4 is 19.9 Å². The summed E-state index contributed by atoms with van der Waals surface area (Å²) in [4.78, 5) is 0. The standard InChI is InChI=1S/C15H19N3O4S2/c19-23(20)9-7-15(12-23)24(21,22)17-8-6-13-10-16-18(11-13)14-4-2-1-3-5-14/h1-5,10-11,15,17H,6-9,12H2/t15-/m1/s1. The van der Waals surface area contributed by atoms with E-state index >= 15 is 0 Å². The van der Waals surface area contributed by atoms with Gasteiger partial charge in [0.05, 0.1) is 28.6 Å². The van der Waals surface area contributed by atoms with Gasteiger partial charge >= 0.3 is 0 Å². The smallest absolute Gasteiger partial charge is 0.215 e. The van der Waals surface area contributed by atoms with Gasteiger partial charge in [-0.05, 0) is 30.5 Å². The van der Waals surface area contributed by atoms with Gasteiger partial charge in [0.2, 0.25) is 10.0 Å². The average molecular weight is 369 g/mol. The van der Waals surface area contributed by atoms with E-state index in [0.717, 1.165) is 11.3 Å². The first-order chi connectivity index (χ1) is 11.4. The summed E-state index contributed by atoms with van der Waals surface area (Å²) in [6, 6.07) is 9.62. The van der Waals surface area contributed by atoms with Crippen molar-refractivity contribution in [2.75, 3.05) is 18.1 Å². The number of nitrogens with one attached hydrogen (secondary N) is 1. The number of sulfone groups is 1. The maximum Gasteiger partial charge on any atom is 0.215 e. The molecule has 0 aliphatic carbocycles. The Bertz CT molecular complexity index is 905. The van der Waals surface area contributed by atoms with Gasteiger partial charge in [-0.25, -0.2) is 26.2 Å². The summed E-state index contributed by atoms with van der Waals surface area (Å²) in [6.07, 6.45) is 4.21. The molecule has 7 nitrogen and oxygen atoms in total. The monoisotopic (exact) mass is 369 g/mol. The van der Waals surface area contributed by atoms with Gasteiger partial charge in [-0.3, -0.25) is 0 Å². The Labute approximate surface area is 141 Å². The van der Waals surface area contributed by atoms with Crippen molar-refractivity contribution < 1.29 is 16.8 Å². The summed E-state index contributed by atoms with van der Waals surface area (Å²) >= 11 is 0. The van der Waals surface area contributed by atoms with Crippen molar-refractivity contribution in [1.82, 2.24) is 14.5 Å². The van der Waals surface area contributed by atoms with Gasteiger partial charge in [0, 0.05) is 12.7 Å². The molecular formula is C15H19N3O4S2. The summed E-state index contributed by atoms with van der Waals surface area (Å²) < 4.78 is 51.4. The number of sulfonamides is 1. The van der Waals surface area contributed by atoms with Crippen molar-refractivity contribution in [3.8, 4) is 5.69 Å². The molecule has 1 atom stereocenters. The van der Waals surface area contributed by atoms with E-state index in [1.165, 1.54) is 0 Å². The minimum absolute atomic E-state index is 0.0532. The summed E-state index contributed by atoms with van der Waals surface area (Å²) in [6.45, 7) is 0.222. The van der Waals surface area contributed by atoms with Gasteiger partial charge in [-0.2, -0.15) is 5.10 Å². The lowest BCUT2D eigenvalue weighted by Crippen LogP contribution is -2.36. The number of aromatic nitrogens is 2. The Morgan fingerprint density at radius 2 is 2.00 bits per heavy atom. The predicted molar refractivity (Wildman–Crippen MR) is 91.2 cm³/mol. The topological polar surface area (TPSA) is 98.1 Å². The Morgan fingerprint density at radius 1 is 1.25 bits per heavy atom. The van der Waals surface area contributed by atoms with E-state index in [9.17, 15) is 16.8 Å². The summed E-state index contributed by atoms with van der Waals surface area (Å²) in [5.74, 6) is -0.337. The van der Waals surface area contributed by atoms with Gasteiger partial charge < -0.3 is 0 Å². The fourth-order valence-corrected chi connectivity index (χ4v) is 6.75. The van der Waals surface area contributed by atoms with Crippen LogP contribution in [0.2, 0.25) is 0 Å². The lowest BCUT2D eigenvalue weighted by Gasteiger charge is -2.10. The van der Waals surface area contributed by atoms with E-state index in [1.54, 1.807) is 10.9 Å². The highest BCUT2D eigenvalue weighted by Crippen LogP contribution is 2.18. The zero-order valence-corrected chi connectivity index (χ0v) is 14.6. The van der Waals surface area contributed by atoms with Crippen LogP contribution in [0.25, 0.3) is 5.69 Å². The van der Waals surface area contributed by atoms with Crippen LogP contribution in [0.15, 0.2) is 42.7 Å². The van der Waals surface area contributed by atoms with Gasteiger partial charge in [0.25, 0.3) is 0 Å². The van der Waals surface area contributed by atoms with E-state index in [1.807, 2.05) is 36.5 Å². The van der Waals surface area contributed by atoms with E-state index in [2.05, 4.69) is 9.82 Å². The third kappa shape index (κ3) is 4.03. The molecule has 2 heterocycles. The summed E-state index contributed by atoms with van der Waals surface area (Å²) in [5.41, 5.74) is 1.83. The number of hydrogen-bond acceptors (Lipinski definition) is 5. The highest BCUT2D eigenvalue weighted by molar-refractivity contribution is 7.95. The second-order valence-corrected chi connectivity index (χ2v) is 10.1. The quantitative estimate of drug-likeness (QED) is 0.800. The Kier molecular flexibility index (Phi) is 4.75. The fraction of sp³-hybridized carbons (Fsp3) is 0.400. The first kappa shape index (κ1) is 17.1. The minimum atomic E-state index is -3.60. The molecule has 0 saturated carbocycles. The molecule has 1 aromatic carbocycles. The van der Waals surface area contributed by atoms with Crippen LogP contribution in [-0.4, -0.2) is 49.9 Å². The molecule has 1 aromatic heterocycles. The fourth-order valence-electron chi connectivity index (χ4n) is 2.67. The molecular weight excluding hydrogens is 350 g/mol. The highest BCUT2D eigenvalue weighted by Gasteiger charge is 2.36. The zero-order valence-electron chi connectivity index (χ0n) is 13.0. The molecule has 1 aliphatic heterocycles. The zero-order chi connectivity index (χ0) is 17.2. The van der Waals surface area contributed by atoms with Crippen LogP contribution in [0.1, 0.15) is 12.0 Å². The van der Waals surface area contributed by atoms with Crippen LogP contribution in [0.4, 0.5) is 0 Å². The highest BCUT2D eigenvalue weighted by atomic mass is 32.2. The molecule has 0 unspecified atom stereocenters. The SMILES string of the molecule is O=S1(=O)CC[C@@H](S(=O)(=O)NCCc2cnn(-c3ccccc3)c2)C1. The number of benzene rings is 1. The third-order valence-electron chi connectivity index (χ3n) is 4.00. The van der Waals surface area contributed by atoms with Crippen molar-refractivity contribution in [3.63, 3.8) is 0 Å². The molecule has 9 heteroatoms. The van der Waals surface area contributed by atoms with Gasteiger partial charge in [0.1, 0.15) is 0 Å². The van der Waals surface area contributed by atoms with E-state index in [-0.39, 0.29) is 24.5 Å². The first-order valence-electron chi connectivity index (χ1n) is 7.64. The molecule has 24 heavy (non-hydrogen) atoms. The Morgan fingerprint density at radius 3 is 2.67 bits per heavy atom. The molecule has 0 amide bonds. The molecule has 1 N–H and O–H groups in total. The van der Waals surface area contributed by atoms with Crippen LogP contribution in [0.5, 0.6) is 0 Å². The van der Waals surface area contributed by atoms with Gasteiger partial charge in [-0.15, -0.1) is 0 Å². The maximum atomic E-state index is 12.1. The normalized spacial score (nSPS) is 20.2. The maximum absolute atomic E-state index is 12.1. The second-order valence-electron chi connectivity index (χ2n) is 5.84. The van der Waals surface area contributed by atoms with Crippen molar-refractivity contribution in [2.45, 2.75) is 18.1 Å². The largest absolute Gasteiger partial charge is 0.241 e. The summed E-state index contributed by atoms with van der Waals surface area (Å²) in [5, 5.41) is 3.42. The number of hydrogen-bond donors (Lipinski definition) is 1. The van der Waals surface area contributed by atoms with Crippen LogP contribution in [0.3, 0.4) is 0 Å². The molecule has 130 valence electrons. The molecule has 0 radical (unpaired) electrons. The number of para-hydroxylation sites is 1. The Hall–Kier alpha value is -1.71.